The highest BCUT2D eigenvalue weighted by Crippen LogP contribution is 2.09. The lowest BCUT2D eigenvalue weighted by Gasteiger charge is -1.84. The molecule has 0 aliphatic heterocycles. The summed E-state index contributed by atoms with van der Waals surface area (Å²) in [6.07, 6.45) is 14.5. The largest absolute Gasteiger partial charge is 0.399 e. The maximum Gasteiger partial charge on any atom is 0.106 e. The van der Waals surface area contributed by atoms with Gasteiger partial charge in [0.15, 0.2) is 0 Å². The third kappa shape index (κ3) is 29.2. The molecule has 0 saturated heterocycles. The molecule has 16 nitrogen and oxygen atoms in total. The summed E-state index contributed by atoms with van der Waals surface area (Å²) in [6, 6.07) is 0. The first kappa shape index (κ1) is 42.7. The molecule has 42 heavy (non-hydrogen) atoms. The van der Waals surface area contributed by atoms with Crippen molar-refractivity contribution < 1.29 is 9.68 Å². The number of hydrogen-bond donors (Lipinski definition) is 0. The van der Waals surface area contributed by atoms with Gasteiger partial charge >= 0.3 is 0 Å². The molecule has 4 aromatic heterocycles. The first-order valence-corrected chi connectivity index (χ1v) is 15.3. The Kier molecular flexibility index (Phi) is 30.6. The molecular weight excluding hydrogens is 580 g/mol. The minimum atomic E-state index is 0.961. The minimum absolute atomic E-state index is 0.961. The predicted octanol–water partition coefficient (Wildman–Crippen LogP) is 3.40. The fraction of sp³-hybridized carbons (Fsp3) is 0.583. The van der Waals surface area contributed by atoms with Crippen LogP contribution in [-0.2, 0) is 37.9 Å². The van der Waals surface area contributed by atoms with Crippen molar-refractivity contribution in [2.75, 3.05) is 26.7 Å². The summed E-state index contributed by atoms with van der Waals surface area (Å²) in [5.41, 5.74) is 4.09. The second-order valence-corrected chi connectivity index (χ2v) is 10.2. The van der Waals surface area contributed by atoms with Gasteiger partial charge in [-0.1, -0.05) is 42.4 Å². The van der Waals surface area contributed by atoms with E-state index in [1.807, 2.05) is 68.3 Å². The third-order valence-electron chi connectivity index (χ3n) is 3.90. The van der Waals surface area contributed by atoms with Crippen LogP contribution in [0.25, 0.3) is 0 Å². The topological polar surface area (TPSA) is 166 Å². The van der Waals surface area contributed by atoms with Crippen LogP contribution < -0.4 is 0 Å². The van der Waals surface area contributed by atoms with Crippen molar-refractivity contribution in [2.45, 2.75) is 41.5 Å². The first-order valence-electron chi connectivity index (χ1n) is 12.3. The van der Waals surface area contributed by atoms with Gasteiger partial charge in [0.05, 0.1) is 35.2 Å². The van der Waals surface area contributed by atoms with E-state index >= 15 is 0 Å². The summed E-state index contributed by atoms with van der Waals surface area (Å²) in [5.74, 6) is 0. The van der Waals surface area contributed by atoms with Gasteiger partial charge in [0.1, 0.15) is 14.2 Å². The quantitative estimate of drug-likeness (QED) is 0.185. The zero-order valence-electron chi connectivity index (χ0n) is 27.4. The lowest BCUT2D eigenvalue weighted by Crippen LogP contribution is -1.91. The summed E-state index contributed by atoms with van der Waals surface area (Å²) in [5, 5.41) is 36.2. The molecular formula is C24H48N14O2S2. The summed E-state index contributed by atoms with van der Waals surface area (Å²) in [4.78, 5) is 8.52. The van der Waals surface area contributed by atoms with Crippen LogP contribution in [0.2, 0.25) is 0 Å². The molecule has 0 aliphatic carbocycles. The predicted molar refractivity (Wildman–Crippen MR) is 172 cm³/mol. The number of rotatable bonds is 3. The zero-order valence-corrected chi connectivity index (χ0v) is 29.0. The van der Waals surface area contributed by atoms with Gasteiger partial charge in [-0.15, -0.1) is 30.7 Å². The van der Waals surface area contributed by atoms with Gasteiger partial charge in [-0.3, -0.25) is 18.7 Å². The van der Waals surface area contributed by atoms with E-state index in [1.165, 1.54) is 14.2 Å². The lowest BCUT2D eigenvalue weighted by atomic mass is 10.6. The molecule has 0 unspecified atom stereocenters. The van der Waals surface area contributed by atoms with Crippen LogP contribution in [0.4, 0.5) is 0 Å². The highest BCUT2D eigenvalue weighted by Gasteiger charge is 1.86. The minimum Gasteiger partial charge on any atom is -0.399 e. The van der Waals surface area contributed by atoms with Gasteiger partial charge in [-0.2, -0.15) is 0 Å². The molecule has 0 amide bonds. The molecule has 0 spiro atoms. The van der Waals surface area contributed by atoms with Crippen molar-refractivity contribution in [3.8, 4) is 0 Å². The van der Waals surface area contributed by atoms with E-state index in [-0.39, 0.29) is 0 Å². The fourth-order valence-corrected chi connectivity index (χ4v) is 1.82. The van der Waals surface area contributed by atoms with Crippen molar-refractivity contribution in [1.29, 1.82) is 0 Å². The summed E-state index contributed by atoms with van der Waals surface area (Å²) in [7, 11) is 14.0. The van der Waals surface area contributed by atoms with Gasteiger partial charge in [-0.05, 0) is 54.1 Å². The summed E-state index contributed by atoms with van der Waals surface area (Å²) in [6.45, 7) is 11.3. The molecule has 0 aliphatic rings. The van der Waals surface area contributed by atoms with Crippen LogP contribution in [-0.4, -0.2) is 99.1 Å². The Labute approximate surface area is 257 Å². The van der Waals surface area contributed by atoms with Crippen LogP contribution in [0.3, 0.4) is 0 Å². The highest BCUT2D eigenvalue weighted by molar-refractivity contribution is 8.76. The Morgan fingerprint density at radius 3 is 1.02 bits per heavy atom. The molecule has 0 saturated carbocycles. The monoisotopic (exact) mass is 628 g/mol. The molecule has 4 aromatic rings. The molecule has 0 N–H and O–H groups in total. The third-order valence-corrected chi connectivity index (χ3v) is 5.24. The molecule has 0 fully saturated rings. The van der Waals surface area contributed by atoms with Gasteiger partial charge in [-0.25, -0.2) is 0 Å². The molecule has 4 heterocycles. The Bertz CT molecular complexity index is 1020. The number of hydrogen-bond acceptors (Lipinski definition) is 14. The number of oxime groups is 2. The van der Waals surface area contributed by atoms with Crippen LogP contribution in [0.1, 0.15) is 36.6 Å². The van der Waals surface area contributed by atoms with Crippen LogP contribution >= 0.6 is 21.6 Å². The second kappa shape index (κ2) is 30.2. The Morgan fingerprint density at radius 2 is 0.976 bits per heavy atom. The van der Waals surface area contributed by atoms with Crippen molar-refractivity contribution in [2.24, 2.45) is 38.5 Å². The average Bonchev–Trinajstić information content (AvgIpc) is 3.74. The number of nitrogens with zero attached hydrogens (tertiary/aromatic N) is 14. The van der Waals surface area contributed by atoms with Crippen LogP contribution in [0, 0.1) is 27.7 Å². The SMILES string of the molecule is C/C=N/OC.C/C=N/OC.CSSC.Cc1cn(C)nn1.Cc1cn(C)nn1.Cc1cnnn1C.Cc1cnnn1C. The zero-order chi connectivity index (χ0) is 32.8. The van der Waals surface area contributed by atoms with Gasteiger partial charge in [0, 0.05) is 53.0 Å². The molecule has 0 bridgehead atoms. The molecule has 4 rings (SSSR count). The standard InChI is InChI=1S/4C4H7N3.2C3H7NO.C2H6S2/c2*1-4-3-7(2)6-5-4;2*1-4-3-5-6-7(4)2;2*1-3-4-5-2;1-3-4-2/h4*3H,1-2H3;2*3H,1-2H3;1-2H3/b;;;;2*4-3+;. The Hall–Kier alpha value is -3.80. The van der Waals surface area contributed by atoms with Crippen molar-refractivity contribution >= 4 is 34.0 Å². The fourth-order valence-electron chi connectivity index (χ4n) is 1.82. The van der Waals surface area contributed by atoms with E-state index in [1.54, 1.807) is 79.0 Å². The Morgan fingerprint density at radius 1 is 0.643 bits per heavy atom. The van der Waals surface area contributed by atoms with E-state index in [4.69, 9.17) is 0 Å². The van der Waals surface area contributed by atoms with Crippen molar-refractivity contribution in [3.05, 3.63) is 47.6 Å². The Balaban J connectivity index is -0.000000427. The molecule has 0 atom stereocenters. The van der Waals surface area contributed by atoms with E-state index in [9.17, 15) is 0 Å². The lowest BCUT2D eigenvalue weighted by molar-refractivity contribution is 0.215. The average molecular weight is 629 g/mol. The van der Waals surface area contributed by atoms with Gasteiger partial charge in [0.2, 0.25) is 0 Å². The van der Waals surface area contributed by atoms with E-state index in [0.29, 0.717) is 0 Å². The van der Waals surface area contributed by atoms with E-state index in [0.717, 1.165) is 22.8 Å². The summed E-state index contributed by atoms with van der Waals surface area (Å²) < 4.78 is 6.80. The maximum absolute atomic E-state index is 4.26. The van der Waals surface area contributed by atoms with Gasteiger partial charge in [0.25, 0.3) is 0 Å². The smallest absolute Gasteiger partial charge is 0.106 e. The molecule has 0 aromatic carbocycles. The highest BCUT2D eigenvalue weighted by atomic mass is 33.1. The number of aromatic nitrogens is 12. The normalized spacial score (nSPS) is 9.19. The van der Waals surface area contributed by atoms with Crippen molar-refractivity contribution in [3.63, 3.8) is 0 Å². The van der Waals surface area contributed by atoms with Crippen LogP contribution in [0.5, 0.6) is 0 Å². The second-order valence-electron chi connectivity index (χ2n) is 7.49. The van der Waals surface area contributed by atoms with E-state index in [2.05, 4.69) is 73.7 Å². The van der Waals surface area contributed by atoms with Crippen molar-refractivity contribution in [1.82, 2.24) is 60.0 Å². The first-order chi connectivity index (χ1) is 19.9. The summed E-state index contributed by atoms with van der Waals surface area (Å²) >= 11 is 0. The number of aryl methyl sites for hydroxylation is 8. The van der Waals surface area contributed by atoms with E-state index < -0.39 is 0 Å². The maximum atomic E-state index is 4.26. The molecule has 18 heteroatoms. The molecule has 238 valence electrons. The molecule has 0 radical (unpaired) electrons. The van der Waals surface area contributed by atoms with Gasteiger partial charge < -0.3 is 9.68 Å². The van der Waals surface area contributed by atoms with Crippen LogP contribution in [0.15, 0.2) is 35.1 Å².